The molecule has 0 saturated carbocycles. The predicted molar refractivity (Wildman–Crippen MR) is 128 cm³/mol. The minimum atomic E-state index is 0.792. The zero-order chi connectivity index (χ0) is 21.0. The van der Waals surface area contributed by atoms with Crippen LogP contribution in [-0.2, 0) is 24.1 Å². The van der Waals surface area contributed by atoms with Crippen LogP contribution in [-0.4, -0.2) is 61.3 Å². The molecular weight excluding hydrogens is 406 g/mol. The number of likely N-dealkylation sites (N-methyl/N-ethyl adjacent to an activating group) is 1. The van der Waals surface area contributed by atoms with Crippen molar-refractivity contribution in [3.63, 3.8) is 0 Å². The van der Waals surface area contributed by atoms with Crippen molar-refractivity contribution >= 4 is 33.1 Å². The van der Waals surface area contributed by atoms with Crippen LogP contribution in [0.25, 0.3) is 10.2 Å². The van der Waals surface area contributed by atoms with Gasteiger partial charge in [-0.1, -0.05) is 18.2 Å². The average molecular weight is 438 g/mol. The molecular formula is C24H31N5OS. The van der Waals surface area contributed by atoms with Gasteiger partial charge in [0.05, 0.1) is 25.1 Å². The zero-order valence-electron chi connectivity index (χ0n) is 18.3. The lowest BCUT2D eigenvalue weighted by atomic mass is 9.97. The second kappa shape index (κ2) is 9.51. The maximum Gasteiger partial charge on any atom is 0.146 e. The van der Waals surface area contributed by atoms with Gasteiger partial charge < -0.3 is 15.0 Å². The average Bonchev–Trinajstić information content (AvgIpc) is 3.19. The molecule has 164 valence electrons. The predicted octanol–water partition coefficient (Wildman–Crippen LogP) is 3.95. The van der Waals surface area contributed by atoms with Gasteiger partial charge in [-0.05, 0) is 43.4 Å². The van der Waals surface area contributed by atoms with Crippen LogP contribution in [0.4, 0.5) is 11.5 Å². The molecule has 6 nitrogen and oxygen atoms in total. The van der Waals surface area contributed by atoms with Crippen LogP contribution in [0.1, 0.15) is 29.1 Å². The van der Waals surface area contributed by atoms with Gasteiger partial charge in [-0.25, -0.2) is 9.97 Å². The van der Waals surface area contributed by atoms with Crippen molar-refractivity contribution < 1.29 is 4.74 Å². The van der Waals surface area contributed by atoms with Crippen molar-refractivity contribution in [2.45, 2.75) is 32.2 Å². The molecule has 0 bridgehead atoms. The van der Waals surface area contributed by atoms with Crippen LogP contribution in [0, 0.1) is 0 Å². The Kier molecular flexibility index (Phi) is 6.34. The van der Waals surface area contributed by atoms with Gasteiger partial charge in [0, 0.05) is 43.8 Å². The molecule has 1 N–H and O–H groups in total. The first-order valence-electron chi connectivity index (χ1n) is 11.4. The van der Waals surface area contributed by atoms with E-state index >= 15 is 0 Å². The number of para-hydroxylation sites is 1. The molecule has 0 radical (unpaired) electrons. The monoisotopic (exact) mass is 437 g/mol. The van der Waals surface area contributed by atoms with E-state index in [0.717, 1.165) is 68.8 Å². The lowest BCUT2D eigenvalue weighted by molar-refractivity contribution is 0.0331. The number of nitrogens with one attached hydrogen (secondary N) is 1. The Morgan fingerprint density at radius 1 is 1.10 bits per heavy atom. The summed E-state index contributed by atoms with van der Waals surface area (Å²) in [7, 11) is 2.14. The van der Waals surface area contributed by atoms with Gasteiger partial charge in [-0.2, -0.15) is 0 Å². The van der Waals surface area contributed by atoms with E-state index in [1.165, 1.54) is 40.8 Å². The van der Waals surface area contributed by atoms with Gasteiger partial charge >= 0.3 is 0 Å². The number of anilines is 2. The van der Waals surface area contributed by atoms with Crippen molar-refractivity contribution in [1.82, 2.24) is 14.9 Å². The molecule has 1 saturated heterocycles. The van der Waals surface area contributed by atoms with Gasteiger partial charge in [0.2, 0.25) is 0 Å². The number of nitrogens with zero attached hydrogens (tertiary/aromatic N) is 4. The number of thiophene rings is 1. The smallest absolute Gasteiger partial charge is 0.146 e. The molecule has 0 spiro atoms. The first-order valence-corrected chi connectivity index (χ1v) is 12.2. The number of aromatic nitrogens is 2. The highest BCUT2D eigenvalue weighted by Crippen LogP contribution is 2.38. The Hall–Kier alpha value is -2.22. The quantitative estimate of drug-likeness (QED) is 0.604. The second-order valence-electron chi connectivity index (χ2n) is 8.45. The fraction of sp³-hybridized carbons (Fsp3) is 0.500. The van der Waals surface area contributed by atoms with Crippen LogP contribution in [0.5, 0.6) is 0 Å². The lowest BCUT2D eigenvalue weighted by Crippen LogP contribution is -2.36. The first kappa shape index (κ1) is 20.7. The fourth-order valence-electron chi connectivity index (χ4n) is 4.51. The molecule has 1 aliphatic carbocycles. The van der Waals surface area contributed by atoms with E-state index in [0.29, 0.717) is 0 Å². The highest BCUT2D eigenvalue weighted by Gasteiger charge is 2.22. The van der Waals surface area contributed by atoms with E-state index in [4.69, 9.17) is 14.7 Å². The molecule has 7 heteroatoms. The molecule has 1 aromatic carbocycles. The number of hydrogen-bond donors (Lipinski definition) is 1. The Balaban J connectivity index is 1.38. The van der Waals surface area contributed by atoms with Crippen LogP contribution >= 0.6 is 11.3 Å². The summed E-state index contributed by atoms with van der Waals surface area (Å²) in [6.07, 6.45) is 4.90. The van der Waals surface area contributed by atoms with Gasteiger partial charge in [-0.3, -0.25) is 4.90 Å². The van der Waals surface area contributed by atoms with E-state index in [1.807, 2.05) is 11.3 Å². The minimum Gasteiger partial charge on any atom is -0.379 e. The van der Waals surface area contributed by atoms with Crippen molar-refractivity contribution in [2.24, 2.45) is 0 Å². The lowest BCUT2D eigenvalue weighted by Gasteiger charge is -2.26. The molecule has 0 unspecified atom stereocenters. The third kappa shape index (κ3) is 4.68. The van der Waals surface area contributed by atoms with Crippen LogP contribution in [0.3, 0.4) is 0 Å². The van der Waals surface area contributed by atoms with Gasteiger partial charge in [0.1, 0.15) is 16.5 Å². The van der Waals surface area contributed by atoms with Crippen LogP contribution in [0.15, 0.2) is 30.3 Å². The van der Waals surface area contributed by atoms with Crippen molar-refractivity contribution in [3.05, 3.63) is 46.6 Å². The molecule has 5 rings (SSSR count). The summed E-state index contributed by atoms with van der Waals surface area (Å²) in [5.41, 5.74) is 2.72. The van der Waals surface area contributed by atoms with E-state index in [2.05, 4.69) is 52.5 Å². The van der Waals surface area contributed by atoms with Gasteiger partial charge in [0.25, 0.3) is 0 Å². The van der Waals surface area contributed by atoms with E-state index in [9.17, 15) is 0 Å². The topological polar surface area (TPSA) is 53.5 Å². The maximum absolute atomic E-state index is 5.50. The molecule has 31 heavy (non-hydrogen) atoms. The molecule has 1 aliphatic heterocycles. The summed E-state index contributed by atoms with van der Waals surface area (Å²) in [6, 6.07) is 10.5. The third-order valence-corrected chi connectivity index (χ3v) is 7.45. The number of ether oxygens (including phenoxy) is 1. The first-order chi connectivity index (χ1) is 15.3. The third-order valence-electron chi connectivity index (χ3n) is 6.27. The molecule has 3 heterocycles. The van der Waals surface area contributed by atoms with Crippen LogP contribution in [0.2, 0.25) is 0 Å². The zero-order valence-corrected chi connectivity index (χ0v) is 19.1. The number of fused-ring (bicyclic) bond motifs is 3. The number of benzene rings is 1. The SMILES string of the molecule is CN(CCNc1nc(CN2CCOCC2)nc2sc3c(c12)CCCC3)c1ccccc1. The number of hydrogen-bond acceptors (Lipinski definition) is 7. The Labute approximate surface area is 188 Å². The summed E-state index contributed by atoms with van der Waals surface area (Å²) < 4.78 is 5.50. The van der Waals surface area contributed by atoms with E-state index in [-0.39, 0.29) is 0 Å². The van der Waals surface area contributed by atoms with Crippen molar-refractivity contribution in [2.75, 3.05) is 56.7 Å². The standard InChI is InChI=1S/C24H31N5OS/c1-28(18-7-3-2-4-8-18)12-11-25-23-22-19-9-5-6-10-20(19)31-24(22)27-21(26-23)17-29-13-15-30-16-14-29/h2-4,7-8H,5-6,9-17H2,1H3,(H,25,26,27). The maximum atomic E-state index is 5.50. The van der Waals surface area contributed by atoms with Crippen molar-refractivity contribution in [1.29, 1.82) is 0 Å². The summed E-state index contributed by atoms with van der Waals surface area (Å²) in [5.74, 6) is 1.95. The van der Waals surface area contributed by atoms with E-state index < -0.39 is 0 Å². The molecule has 3 aromatic rings. The Morgan fingerprint density at radius 3 is 2.74 bits per heavy atom. The molecule has 2 aromatic heterocycles. The fourth-order valence-corrected chi connectivity index (χ4v) is 5.79. The summed E-state index contributed by atoms with van der Waals surface area (Å²) in [4.78, 5) is 17.4. The van der Waals surface area contributed by atoms with E-state index in [1.54, 1.807) is 0 Å². The second-order valence-corrected chi connectivity index (χ2v) is 9.54. The summed E-state index contributed by atoms with van der Waals surface area (Å²) in [6.45, 7) is 6.05. The Bertz CT molecular complexity index is 1020. The summed E-state index contributed by atoms with van der Waals surface area (Å²) in [5, 5.41) is 4.94. The minimum absolute atomic E-state index is 0.792. The number of aryl methyl sites for hydroxylation is 2. The largest absolute Gasteiger partial charge is 0.379 e. The summed E-state index contributed by atoms with van der Waals surface area (Å²) >= 11 is 1.88. The van der Waals surface area contributed by atoms with Gasteiger partial charge in [-0.15, -0.1) is 11.3 Å². The number of morpholine rings is 1. The normalized spacial score (nSPS) is 16.9. The highest BCUT2D eigenvalue weighted by molar-refractivity contribution is 7.19. The molecule has 1 fully saturated rings. The van der Waals surface area contributed by atoms with Crippen LogP contribution < -0.4 is 10.2 Å². The molecule has 2 aliphatic rings. The number of rotatable bonds is 7. The van der Waals surface area contributed by atoms with Crippen molar-refractivity contribution in [3.8, 4) is 0 Å². The Morgan fingerprint density at radius 2 is 1.90 bits per heavy atom. The molecule has 0 atom stereocenters. The van der Waals surface area contributed by atoms with Gasteiger partial charge in [0.15, 0.2) is 0 Å². The highest BCUT2D eigenvalue weighted by atomic mass is 32.1. The molecule has 0 amide bonds.